The van der Waals surface area contributed by atoms with E-state index in [-0.39, 0.29) is 0 Å². The third kappa shape index (κ3) is 1.93. The van der Waals surface area contributed by atoms with Crippen molar-refractivity contribution < 1.29 is 0 Å². The highest BCUT2D eigenvalue weighted by Gasteiger charge is 2.11. The average molecular weight is 225 g/mol. The molecule has 0 unspecified atom stereocenters. The first-order chi connectivity index (χ1) is 8.38. The predicted octanol–water partition coefficient (Wildman–Crippen LogP) is 4.33. The molecule has 0 spiro atoms. The van der Waals surface area contributed by atoms with Crippen LogP contribution in [0.3, 0.4) is 0 Å². The van der Waals surface area contributed by atoms with Gasteiger partial charge >= 0.3 is 0 Å². The van der Waals surface area contributed by atoms with E-state index >= 15 is 0 Å². The molecule has 88 valence electrons. The fourth-order valence-corrected chi connectivity index (χ4v) is 2.32. The van der Waals surface area contributed by atoms with Crippen LogP contribution in [-0.2, 0) is 13.5 Å². The van der Waals surface area contributed by atoms with Crippen molar-refractivity contribution in [1.82, 2.24) is 4.57 Å². The molecule has 0 aliphatic heterocycles. The van der Waals surface area contributed by atoms with Crippen molar-refractivity contribution >= 4 is 17.0 Å². The van der Waals surface area contributed by atoms with Crippen molar-refractivity contribution in [3.8, 4) is 0 Å². The fraction of sp³-hybridized carbons (Fsp3) is 0.250. The summed E-state index contributed by atoms with van der Waals surface area (Å²) in [5.41, 5.74) is 4.10. The SMILES string of the molecule is CC.Cn1c2c(c3ccccc31)C=CC=CC2. The maximum atomic E-state index is 2.30. The van der Waals surface area contributed by atoms with Crippen LogP contribution in [0.15, 0.2) is 42.5 Å². The van der Waals surface area contributed by atoms with Gasteiger partial charge in [-0.1, -0.05) is 56.4 Å². The summed E-state index contributed by atoms with van der Waals surface area (Å²) in [6.45, 7) is 4.00. The second-order valence-electron chi connectivity index (χ2n) is 3.93. The average Bonchev–Trinajstić information content (AvgIpc) is 2.59. The molecular formula is C16H19N. The van der Waals surface area contributed by atoms with Gasteiger partial charge in [-0.15, -0.1) is 0 Å². The van der Waals surface area contributed by atoms with Gasteiger partial charge < -0.3 is 4.57 Å². The van der Waals surface area contributed by atoms with Crippen molar-refractivity contribution in [3.05, 3.63) is 53.8 Å². The smallest absolute Gasteiger partial charge is 0.0486 e. The molecular weight excluding hydrogens is 206 g/mol. The minimum atomic E-state index is 1.02. The Kier molecular flexibility index (Phi) is 3.48. The first-order valence-corrected chi connectivity index (χ1v) is 6.27. The van der Waals surface area contributed by atoms with E-state index in [0.717, 1.165) is 6.42 Å². The van der Waals surface area contributed by atoms with Crippen LogP contribution in [0.4, 0.5) is 0 Å². The Balaban J connectivity index is 0.000000514. The van der Waals surface area contributed by atoms with E-state index in [4.69, 9.17) is 0 Å². The molecule has 0 saturated carbocycles. The van der Waals surface area contributed by atoms with Gasteiger partial charge in [-0.3, -0.25) is 0 Å². The van der Waals surface area contributed by atoms with Crippen LogP contribution in [0.25, 0.3) is 17.0 Å². The topological polar surface area (TPSA) is 4.93 Å². The molecule has 1 heteroatoms. The van der Waals surface area contributed by atoms with Crippen LogP contribution in [-0.4, -0.2) is 4.57 Å². The maximum absolute atomic E-state index is 2.30. The van der Waals surface area contributed by atoms with Crippen LogP contribution < -0.4 is 0 Å². The quantitative estimate of drug-likeness (QED) is 0.629. The standard InChI is InChI=1S/C14H13N.C2H6/c1-15-13-9-4-2-3-7-11(13)12-8-5-6-10-14(12)15;1-2/h2-8,10H,9H2,1H3;1-2H3. The molecule has 1 aliphatic rings. The van der Waals surface area contributed by atoms with E-state index in [0.29, 0.717) is 0 Å². The molecule has 1 nitrogen and oxygen atoms in total. The normalized spacial score (nSPS) is 12.9. The summed E-state index contributed by atoms with van der Waals surface area (Å²) < 4.78 is 2.30. The molecule has 0 bridgehead atoms. The van der Waals surface area contributed by atoms with Crippen molar-refractivity contribution in [3.63, 3.8) is 0 Å². The summed E-state index contributed by atoms with van der Waals surface area (Å²) in [6.07, 6.45) is 9.68. The van der Waals surface area contributed by atoms with E-state index in [1.165, 1.54) is 22.2 Å². The van der Waals surface area contributed by atoms with Gasteiger partial charge in [0, 0.05) is 35.6 Å². The summed E-state index contributed by atoms with van der Waals surface area (Å²) in [5.74, 6) is 0. The van der Waals surface area contributed by atoms with E-state index in [1.807, 2.05) is 13.8 Å². The molecule has 0 radical (unpaired) electrons. The van der Waals surface area contributed by atoms with Crippen LogP contribution in [0, 0.1) is 0 Å². The van der Waals surface area contributed by atoms with Crippen LogP contribution in [0.1, 0.15) is 25.1 Å². The minimum absolute atomic E-state index is 1.02. The number of hydrogen-bond acceptors (Lipinski definition) is 0. The fourth-order valence-electron chi connectivity index (χ4n) is 2.32. The first kappa shape index (κ1) is 11.7. The van der Waals surface area contributed by atoms with Crippen LogP contribution in [0.2, 0.25) is 0 Å². The predicted molar refractivity (Wildman–Crippen MR) is 76.1 cm³/mol. The van der Waals surface area contributed by atoms with Gasteiger partial charge in [0.15, 0.2) is 0 Å². The lowest BCUT2D eigenvalue weighted by Crippen LogP contribution is -1.95. The Labute approximate surface area is 103 Å². The molecule has 2 aromatic rings. The highest BCUT2D eigenvalue weighted by Crippen LogP contribution is 2.28. The van der Waals surface area contributed by atoms with Gasteiger partial charge in [0.1, 0.15) is 0 Å². The van der Waals surface area contributed by atoms with Gasteiger partial charge in [0.25, 0.3) is 0 Å². The number of fused-ring (bicyclic) bond motifs is 3. The van der Waals surface area contributed by atoms with Gasteiger partial charge in [0.2, 0.25) is 0 Å². The van der Waals surface area contributed by atoms with Crippen molar-refractivity contribution in [2.45, 2.75) is 20.3 Å². The summed E-state index contributed by atoms with van der Waals surface area (Å²) in [7, 11) is 2.15. The number of para-hydroxylation sites is 1. The lowest BCUT2D eigenvalue weighted by Gasteiger charge is -2.01. The molecule has 1 aromatic carbocycles. The zero-order valence-electron chi connectivity index (χ0n) is 10.8. The molecule has 0 atom stereocenters. The number of aromatic nitrogens is 1. The highest BCUT2D eigenvalue weighted by atomic mass is 14.9. The molecule has 0 N–H and O–H groups in total. The Hall–Kier alpha value is -1.76. The van der Waals surface area contributed by atoms with Crippen molar-refractivity contribution in [2.75, 3.05) is 0 Å². The zero-order valence-corrected chi connectivity index (χ0v) is 10.8. The summed E-state index contributed by atoms with van der Waals surface area (Å²) in [4.78, 5) is 0. The van der Waals surface area contributed by atoms with E-state index in [1.54, 1.807) is 0 Å². The molecule has 3 rings (SSSR count). The molecule has 1 aromatic heterocycles. The van der Waals surface area contributed by atoms with Crippen LogP contribution >= 0.6 is 0 Å². The number of benzene rings is 1. The number of allylic oxidation sites excluding steroid dienone is 3. The Morgan fingerprint density at radius 3 is 2.65 bits per heavy atom. The van der Waals surface area contributed by atoms with Gasteiger partial charge in [-0.2, -0.15) is 0 Å². The Bertz CT molecular complexity index is 570. The monoisotopic (exact) mass is 225 g/mol. The van der Waals surface area contributed by atoms with E-state index < -0.39 is 0 Å². The van der Waals surface area contributed by atoms with Crippen LogP contribution in [0.5, 0.6) is 0 Å². The molecule has 1 aliphatic carbocycles. The largest absolute Gasteiger partial charge is 0.347 e. The molecule has 0 saturated heterocycles. The third-order valence-corrected chi connectivity index (χ3v) is 3.09. The Morgan fingerprint density at radius 2 is 1.82 bits per heavy atom. The molecule has 1 heterocycles. The van der Waals surface area contributed by atoms with Crippen molar-refractivity contribution in [2.24, 2.45) is 7.05 Å². The van der Waals surface area contributed by atoms with E-state index in [9.17, 15) is 0 Å². The van der Waals surface area contributed by atoms with Gasteiger partial charge in [-0.25, -0.2) is 0 Å². The first-order valence-electron chi connectivity index (χ1n) is 6.27. The minimum Gasteiger partial charge on any atom is -0.347 e. The highest BCUT2D eigenvalue weighted by molar-refractivity contribution is 5.91. The Morgan fingerprint density at radius 1 is 1.06 bits per heavy atom. The number of nitrogens with zero attached hydrogens (tertiary/aromatic N) is 1. The number of aryl methyl sites for hydroxylation is 1. The zero-order chi connectivity index (χ0) is 12.3. The van der Waals surface area contributed by atoms with Crippen molar-refractivity contribution in [1.29, 1.82) is 0 Å². The van der Waals surface area contributed by atoms with E-state index in [2.05, 4.69) is 60.2 Å². The van der Waals surface area contributed by atoms with Gasteiger partial charge in [-0.05, 0) is 6.07 Å². The lowest BCUT2D eigenvalue weighted by molar-refractivity contribution is 0.888. The molecule has 17 heavy (non-hydrogen) atoms. The summed E-state index contributed by atoms with van der Waals surface area (Å²) in [5, 5.41) is 1.36. The third-order valence-electron chi connectivity index (χ3n) is 3.09. The maximum Gasteiger partial charge on any atom is 0.0486 e. The summed E-state index contributed by atoms with van der Waals surface area (Å²) >= 11 is 0. The second kappa shape index (κ2) is 5.05. The number of hydrogen-bond donors (Lipinski definition) is 0. The second-order valence-corrected chi connectivity index (χ2v) is 3.93. The lowest BCUT2D eigenvalue weighted by atomic mass is 10.1. The molecule has 0 fully saturated rings. The number of rotatable bonds is 0. The molecule has 0 amide bonds. The summed E-state index contributed by atoms with van der Waals surface area (Å²) in [6, 6.07) is 8.58. The van der Waals surface area contributed by atoms with Gasteiger partial charge in [0.05, 0.1) is 0 Å².